The van der Waals surface area contributed by atoms with Gasteiger partial charge in [0.25, 0.3) is 0 Å². The smallest absolute Gasteiger partial charge is 0.166 e. The highest BCUT2D eigenvalue weighted by Gasteiger charge is 2.12. The minimum atomic E-state index is 0.648. The topological polar surface area (TPSA) is 34.9 Å². The van der Waals surface area contributed by atoms with Gasteiger partial charge >= 0.3 is 0 Å². The molecule has 16 heavy (non-hydrogen) atoms. The van der Waals surface area contributed by atoms with Crippen LogP contribution in [0.5, 0.6) is 0 Å². The van der Waals surface area contributed by atoms with Crippen molar-refractivity contribution in [3.63, 3.8) is 0 Å². The molecule has 2 aromatic heterocycles. The summed E-state index contributed by atoms with van der Waals surface area (Å²) >= 11 is 3.47. The van der Waals surface area contributed by atoms with E-state index in [0.717, 1.165) is 28.6 Å². The van der Waals surface area contributed by atoms with Crippen LogP contribution >= 0.6 is 15.9 Å². The van der Waals surface area contributed by atoms with Crippen LogP contribution in [-0.4, -0.2) is 15.8 Å². The zero-order valence-electron chi connectivity index (χ0n) is 8.85. The first-order valence-electron chi connectivity index (χ1n) is 5.03. The van der Waals surface area contributed by atoms with Gasteiger partial charge in [-0.1, -0.05) is 6.92 Å². The zero-order valence-corrected chi connectivity index (χ0v) is 10.4. The summed E-state index contributed by atoms with van der Waals surface area (Å²) in [5.41, 5.74) is 2.70. The number of aldehydes is 1. The number of hydrogen-bond donors (Lipinski definition) is 0. The lowest BCUT2D eigenvalue weighted by Crippen LogP contribution is -2.03. The molecule has 0 aliphatic rings. The van der Waals surface area contributed by atoms with Crippen LogP contribution in [0.4, 0.5) is 0 Å². The molecular formula is C12H11BrN2O. The van der Waals surface area contributed by atoms with Gasteiger partial charge in [-0.15, -0.1) is 0 Å². The number of nitrogens with zero attached hydrogens (tertiary/aromatic N) is 2. The van der Waals surface area contributed by atoms with Gasteiger partial charge in [0.15, 0.2) is 6.29 Å². The first-order chi connectivity index (χ1) is 7.77. The predicted octanol–water partition coefficient (Wildman–Crippen LogP) is 3.01. The third-order valence-corrected chi connectivity index (χ3v) is 3.14. The fraction of sp³-hybridized carbons (Fsp3) is 0.167. The van der Waals surface area contributed by atoms with Crippen LogP contribution in [0.15, 0.2) is 35.1 Å². The number of aromatic nitrogens is 2. The van der Waals surface area contributed by atoms with Gasteiger partial charge in [0.2, 0.25) is 0 Å². The fourth-order valence-electron chi connectivity index (χ4n) is 1.75. The molecule has 0 amide bonds. The molecule has 0 spiro atoms. The summed E-state index contributed by atoms with van der Waals surface area (Å²) < 4.78 is 2.91. The van der Waals surface area contributed by atoms with Gasteiger partial charge in [-0.25, -0.2) is 0 Å². The van der Waals surface area contributed by atoms with E-state index in [1.807, 2.05) is 22.8 Å². The SMILES string of the molecule is CCc1c(Br)cc(C=O)n1-c1ccncc1. The van der Waals surface area contributed by atoms with Crippen LogP contribution in [0.3, 0.4) is 0 Å². The molecule has 3 nitrogen and oxygen atoms in total. The average Bonchev–Trinajstić information content (AvgIpc) is 2.66. The summed E-state index contributed by atoms with van der Waals surface area (Å²) in [5.74, 6) is 0. The zero-order chi connectivity index (χ0) is 11.5. The van der Waals surface area contributed by atoms with Gasteiger partial charge < -0.3 is 4.57 Å². The molecule has 0 saturated heterocycles. The Kier molecular flexibility index (Phi) is 3.19. The molecule has 0 bridgehead atoms. The van der Waals surface area contributed by atoms with Crippen LogP contribution in [0.25, 0.3) is 5.69 Å². The van der Waals surface area contributed by atoms with Gasteiger partial charge in [0.05, 0.1) is 5.69 Å². The highest BCUT2D eigenvalue weighted by Crippen LogP contribution is 2.25. The minimum Gasteiger partial charge on any atom is -0.310 e. The molecule has 2 heterocycles. The second kappa shape index (κ2) is 4.61. The highest BCUT2D eigenvalue weighted by atomic mass is 79.9. The monoisotopic (exact) mass is 278 g/mol. The van der Waals surface area contributed by atoms with E-state index in [1.165, 1.54) is 0 Å². The molecule has 4 heteroatoms. The summed E-state index contributed by atoms with van der Waals surface area (Å²) in [6.45, 7) is 2.06. The Bertz CT molecular complexity index is 505. The van der Waals surface area contributed by atoms with Crippen LogP contribution in [-0.2, 0) is 6.42 Å². The lowest BCUT2D eigenvalue weighted by molar-refractivity contribution is 0.111. The Hall–Kier alpha value is -1.42. The number of halogens is 1. The van der Waals surface area contributed by atoms with E-state index in [0.29, 0.717) is 5.69 Å². The maximum atomic E-state index is 11.0. The molecule has 0 fully saturated rings. The Balaban J connectivity index is 2.67. The Labute approximate surface area is 102 Å². The molecule has 82 valence electrons. The van der Waals surface area contributed by atoms with E-state index in [1.54, 1.807) is 12.4 Å². The van der Waals surface area contributed by atoms with Crippen molar-refractivity contribution in [1.82, 2.24) is 9.55 Å². The Morgan fingerprint density at radius 3 is 2.69 bits per heavy atom. The van der Waals surface area contributed by atoms with Gasteiger partial charge in [-0.2, -0.15) is 0 Å². The Morgan fingerprint density at radius 1 is 1.44 bits per heavy atom. The fourth-order valence-corrected chi connectivity index (χ4v) is 2.44. The van der Waals surface area contributed by atoms with E-state index in [-0.39, 0.29) is 0 Å². The minimum absolute atomic E-state index is 0.648. The van der Waals surface area contributed by atoms with Gasteiger partial charge in [0.1, 0.15) is 0 Å². The largest absolute Gasteiger partial charge is 0.310 e. The first-order valence-corrected chi connectivity index (χ1v) is 5.83. The number of carbonyl (C=O) groups excluding carboxylic acids is 1. The van der Waals surface area contributed by atoms with Crippen LogP contribution < -0.4 is 0 Å². The molecule has 2 aromatic rings. The van der Waals surface area contributed by atoms with Crippen LogP contribution in [0.2, 0.25) is 0 Å². The van der Waals surface area contributed by atoms with E-state index < -0.39 is 0 Å². The third-order valence-electron chi connectivity index (χ3n) is 2.45. The Morgan fingerprint density at radius 2 is 2.12 bits per heavy atom. The standard InChI is InChI=1S/C12H11BrN2O/c1-2-12-11(13)7-10(8-16)15(12)9-3-5-14-6-4-9/h3-8H,2H2,1H3. The third kappa shape index (κ3) is 1.80. The van der Waals surface area contributed by atoms with Crippen molar-refractivity contribution in [3.8, 4) is 5.69 Å². The number of hydrogen-bond acceptors (Lipinski definition) is 2. The normalized spacial score (nSPS) is 10.4. The molecular weight excluding hydrogens is 268 g/mol. The molecule has 0 aromatic carbocycles. The molecule has 0 aliphatic heterocycles. The summed E-state index contributed by atoms with van der Waals surface area (Å²) in [5, 5.41) is 0. The van der Waals surface area contributed by atoms with Crippen molar-refractivity contribution < 1.29 is 4.79 Å². The predicted molar refractivity (Wildman–Crippen MR) is 66.0 cm³/mol. The van der Waals surface area contributed by atoms with E-state index in [4.69, 9.17) is 0 Å². The lowest BCUT2D eigenvalue weighted by atomic mass is 10.3. The highest BCUT2D eigenvalue weighted by molar-refractivity contribution is 9.10. The molecule has 0 atom stereocenters. The maximum Gasteiger partial charge on any atom is 0.166 e. The van der Waals surface area contributed by atoms with Crippen molar-refractivity contribution in [2.45, 2.75) is 13.3 Å². The van der Waals surface area contributed by atoms with E-state index in [2.05, 4.69) is 27.8 Å². The lowest BCUT2D eigenvalue weighted by Gasteiger charge is -2.09. The second-order valence-electron chi connectivity index (χ2n) is 3.38. The number of carbonyl (C=O) groups is 1. The van der Waals surface area contributed by atoms with Crippen molar-refractivity contribution in [3.05, 3.63) is 46.5 Å². The van der Waals surface area contributed by atoms with Crippen molar-refractivity contribution in [1.29, 1.82) is 0 Å². The molecule has 0 radical (unpaired) electrons. The number of pyridine rings is 1. The maximum absolute atomic E-state index is 11.0. The van der Waals surface area contributed by atoms with E-state index in [9.17, 15) is 4.79 Å². The molecule has 2 rings (SSSR count). The summed E-state index contributed by atoms with van der Waals surface area (Å²) in [7, 11) is 0. The summed E-state index contributed by atoms with van der Waals surface area (Å²) in [6, 6.07) is 5.61. The molecule has 0 N–H and O–H groups in total. The van der Waals surface area contributed by atoms with Crippen molar-refractivity contribution in [2.75, 3.05) is 0 Å². The van der Waals surface area contributed by atoms with Crippen molar-refractivity contribution >= 4 is 22.2 Å². The summed E-state index contributed by atoms with van der Waals surface area (Å²) in [6.07, 6.45) is 5.16. The van der Waals surface area contributed by atoms with E-state index >= 15 is 0 Å². The first kappa shape index (κ1) is 11.1. The average molecular weight is 279 g/mol. The molecule has 0 unspecified atom stereocenters. The van der Waals surface area contributed by atoms with Gasteiger partial charge in [-0.05, 0) is 40.5 Å². The van der Waals surface area contributed by atoms with Crippen LogP contribution in [0, 0.1) is 0 Å². The molecule has 0 aliphatic carbocycles. The molecule has 0 saturated carbocycles. The summed E-state index contributed by atoms with van der Waals surface area (Å²) in [4.78, 5) is 15.0. The van der Waals surface area contributed by atoms with Gasteiger partial charge in [-0.3, -0.25) is 9.78 Å². The second-order valence-corrected chi connectivity index (χ2v) is 4.23. The van der Waals surface area contributed by atoms with Crippen LogP contribution in [0.1, 0.15) is 23.1 Å². The number of rotatable bonds is 3. The quantitative estimate of drug-likeness (QED) is 0.809. The van der Waals surface area contributed by atoms with Gasteiger partial charge in [0, 0.05) is 28.2 Å². The van der Waals surface area contributed by atoms with Crippen molar-refractivity contribution in [2.24, 2.45) is 0 Å².